The maximum Gasteiger partial charge on any atom is 0.335 e. The van der Waals surface area contributed by atoms with Crippen molar-refractivity contribution in [2.45, 2.75) is 33.2 Å². The lowest BCUT2D eigenvalue weighted by atomic mass is 9.97. The van der Waals surface area contributed by atoms with Crippen LogP contribution >= 0.6 is 0 Å². The minimum absolute atomic E-state index is 0.215. The van der Waals surface area contributed by atoms with Crippen molar-refractivity contribution in [1.82, 2.24) is 4.90 Å². The molecule has 1 aliphatic heterocycles. The number of rotatable bonds is 7. The summed E-state index contributed by atoms with van der Waals surface area (Å²) in [6.07, 6.45) is 0.561. The van der Waals surface area contributed by atoms with Crippen LogP contribution in [0.1, 0.15) is 56.9 Å². The smallest absolute Gasteiger partial charge is 0.335 e. The first-order valence-corrected chi connectivity index (χ1v) is 11.5. The van der Waals surface area contributed by atoms with Crippen molar-refractivity contribution in [3.05, 3.63) is 95.1 Å². The molecule has 0 radical (unpaired) electrons. The van der Waals surface area contributed by atoms with E-state index >= 15 is 0 Å². The molecular formula is C28H26N2O5. The average Bonchev–Trinajstić information content (AvgIpc) is 3.11. The van der Waals surface area contributed by atoms with Gasteiger partial charge >= 0.3 is 5.97 Å². The molecule has 4 rings (SSSR count). The number of aryl methyl sites for hydroxylation is 1. The molecule has 178 valence electrons. The Morgan fingerprint density at radius 1 is 0.886 bits per heavy atom. The van der Waals surface area contributed by atoms with Gasteiger partial charge in [0.05, 0.1) is 11.1 Å². The highest BCUT2D eigenvalue weighted by Gasteiger charge is 2.45. The Morgan fingerprint density at radius 2 is 1.46 bits per heavy atom. The molecule has 0 aliphatic carbocycles. The minimum atomic E-state index is -1.07. The number of nitrogens with zero attached hydrogens (tertiary/aromatic N) is 1. The van der Waals surface area contributed by atoms with Gasteiger partial charge in [-0.1, -0.05) is 50.1 Å². The van der Waals surface area contributed by atoms with Crippen molar-refractivity contribution in [3.63, 3.8) is 0 Å². The molecule has 3 aromatic carbocycles. The highest BCUT2D eigenvalue weighted by molar-refractivity contribution is 6.22. The molecule has 0 bridgehead atoms. The zero-order valence-corrected chi connectivity index (χ0v) is 19.8. The van der Waals surface area contributed by atoms with Crippen molar-refractivity contribution >= 4 is 29.4 Å². The first-order valence-electron chi connectivity index (χ1n) is 11.5. The van der Waals surface area contributed by atoms with E-state index in [4.69, 9.17) is 4.74 Å². The van der Waals surface area contributed by atoms with Crippen molar-refractivity contribution in [2.75, 3.05) is 5.32 Å². The summed E-state index contributed by atoms with van der Waals surface area (Å²) in [7, 11) is 0. The van der Waals surface area contributed by atoms with Gasteiger partial charge in [0, 0.05) is 11.3 Å². The largest absolute Gasteiger partial charge is 0.425 e. The molecule has 0 saturated heterocycles. The van der Waals surface area contributed by atoms with Gasteiger partial charge in [0.15, 0.2) is 0 Å². The molecule has 0 spiro atoms. The van der Waals surface area contributed by atoms with E-state index in [9.17, 15) is 19.2 Å². The van der Waals surface area contributed by atoms with Crippen LogP contribution in [0.5, 0.6) is 5.75 Å². The zero-order chi connectivity index (χ0) is 25.1. The fourth-order valence-electron chi connectivity index (χ4n) is 3.97. The van der Waals surface area contributed by atoms with Crippen LogP contribution in [-0.4, -0.2) is 34.6 Å². The average molecular weight is 471 g/mol. The summed E-state index contributed by atoms with van der Waals surface area (Å²) in [5.41, 5.74) is 2.72. The van der Waals surface area contributed by atoms with Crippen LogP contribution in [0.4, 0.5) is 5.69 Å². The summed E-state index contributed by atoms with van der Waals surface area (Å²) in [6, 6.07) is 19.0. The van der Waals surface area contributed by atoms with Crippen LogP contribution in [0, 0.1) is 12.8 Å². The number of amides is 3. The molecule has 35 heavy (non-hydrogen) atoms. The number of ether oxygens (including phenoxy) is 1. The van der Waals surface area contributed by atoms with E-state index in [0.29, 0.717) is 17.7 Å². The van der Waals surface area contributed by atoms with Crippen molar-refractivity contribution in [2.24, 2.45) is 5.92 Å². The maximum atomic E-state index is 13.2. The third-order valence-corrected chi connectivity index (χ3v) is 6.17. The Kier molecular flexibility index (Phi) is 6.78. The van der Waals surface area contributed by atoms with E-state index in [1.165, 1.54) is 12.1 Å². The van der Waals surface area contributed by atoms with Gasteiger partial charge in [-0.3, -0.25) is 19.3 Å². The van der Waals surface area contributed by atoms with Gasteiger partial charge in [-0.05, 0) is 61.4 Å². The van der Waals surface area contributed by atoms with Crippen molar-refractivity contribution < 1.29 is 23.9 Å². The molecule has 2 unspecified atom stereocenters. The molecule has 1 aliphatic rings. The molecule has 0 saturated carbocycles. The molecule has 7 heteroatoms. The van der Waals surface area contributed by atoms with E-state index in [0.717, 1.165) is 10.5 Å². The predicted octanol–water partition coefficient (Wildman–Crippen LogP) is 4.86. The number of esters is 1. The molecule has 7 nitrogen and oxygen atoms in total. The molecule has 1 heterocycles. The fraction of sp³-hybridized carbons (Fsp3) is 0.214. The Balaban J connectivity index is 1.49. The van der Waals surface area contributed by atoms with Crippen LogP contribution in [0.3, 0.4) is 0 Å². The second-order valence-electron chi connectivity index (χ2n) is 8.62. The standard InChI is InChI=1S/C28H26N2O5/c1-4-18(3)24(30-26(32)22-7-5-6-8-23(22)27(30)33)28(34)35-21-15-11-19(12-16-21)25(31)29-20-13-9-17(2)10-14-20/h5-16,18,24H,4H2,1-3H3,(H,29,31). The summed E-state index contributed by atoms with van der Waals surface area (Å²) >= 11 is 0. The monoisotopic (exact) mass is 470 g/mol. The Labute approximate surface area is 203 Å². The first kappa shape index (κ1) is 23.9. The number of fused-ring (bicyclic) bond motifs is 1. The second kappa shape index (κ2) is 9.93. The maximum absolute atomic E-state index is 13.2. The first-order chi connectivity index (χ1) is 16.8. The van der Waals surface area contributed by atoms with Gasteiger partial charge in [0.1, 0.15) is 11.8 Å². The number of nitrogens with one attached hydrogen (secondary N) is 1. The number of imide groups is 1. The summed E-state index contributed by atoms with van der Waals surface area (Å²) < 4.78 is 5.56. The van der Waals surface area contributed by atoms with Crippen LogP contribution in [0.2, 0.25) is 0 Å². The van der Waals surface area contributed by atoms with E-state index in [1.54, 1.807) is 43.3 Å². The number of hydrogen-bond acceptors (Lipinski definition) is 5. The van der Waals surface area contributed by atoms with Gasteiger partial charge in [0.2, 0.25) is 0 Å². The summed E-state index contributed by atoms with van der Waals surface area (Å²) in [6.45, 7) is 5.64. The quantitative estimate of drug-likeness (QED) is 0.302. The van der Waals surface area contributed by atoms with Crippen LogP contribution < -0.4 is 10.1 Å². The van der Waals surface area contributed by atoms with E-state index < -0.39 is 23.8 Å². The minimum Gasteiger partial charge on any atom is -0.425 e. The Bertz CT molecular complexity index is 1250. The number of hydrogen-bond donors (Lipinski definition) is 1. The fourth-order valence-corrected chi connectivity index (χ4v) is 3.97. The molecule has 3 aromatic rings. The van der Waals surface area contributed by atoms with E-state index in [-0.39, 0.29) is 28.7 Å². The molecule has 2 atom stereocenters. The SMILES string of the molecule is CCC(C)C(C(=O)Oc1ccc(C(=O)Nc2ccc(C)cc2)cc1)N1C(=O)c2ccccc2C1=O. The summed E-state index contributed by atoms with van der Waals surface area (Å²) in [5, 5.41) is 2.81. The molecule has 3 amide bonds. The number of carbonyl (C=O) groups excluding carboxylic acids is 4. The third kappa shape index (κ3) is 4.84. The van der Waals surface area contributed by atoms with Gasteiger partial charge in [0.25, 0.3) is 17.7 Å². The Morgan fingerprint density at radius 3 is 2.00 bits per heavy atom. The van der Waals surface area contributed by atoms with Gasteiger partial charge in [-0.2, -0.15) is 0 Å². The van der Waals surface area contributed by atoms with Crippen LogP contribution in [0.25, 0.3) is 0 Å². The molecular weight excluding hydrogens is 444 g/mol. The second-order valence-corrected chi connectivity index (χ2v) is 8.62. The highest BCUT2D eigenvalue weighted by Crippen LogP contribution is 2.29. The normalized spacial score (nSPS) is 14.3. The topological polar surface area (TPSA) is 92.8 Å². The lowest BCUT2D eigenvalue weighted by Gasteiger charge is -2.28. The lowest BCUT2D eigenvalue weighted by molar-refractivity contribution is -0.140. The predicted molar refractivity (Wildman–Crippen MR) is 131 cm³/mol. The van der Waals surface area contributed by atoms with Crippen LogP contribution in [-0.2, 0) is 4.79 Å². The van der Waals surface area contributed by atoms with Crippen molar-refractivity contribution in [1.29, 1.82) is 0 Å². The number of carbonyl (C=O) groups is 4. The molecule has 1 N–H and O–H groups in total. The van der Waals surface area contributed by atoms with Gasteiger partial charge in [-0.25, -0.2) is 4.79 Å². The van der Waals surface area contributed by atoms with Gasteiger partial charge < -0.3 is 10.1 Å². The third-order valence-electron chi connectivity index (χ3n) is 6.17. The van der Waals surface area contributed by atoms with E-state index in [2.05, 4.69) is 5.32 Å². The van der Waals surface area contributed by atoms with Crippen LogP contribution in [0.15, 0.2) is 72.8 Å². The van der Waals surface area contributed by atoms with E-state index in [1.807, 2.05) is 38.1 Å². The summed E-state index contributed by atoms with van der Waals surface area (Å²) in [5.74, 6) is -2.11. The Hall–Kier alpha value is -4.26. The highest BCUT2D eigenvalue weighted by atomic mass is 16.5. The van der Waals surface area contributed by atoms with Gasteiger partial charge in [-0.15, -0.1) is 0 Å². The number of benzene rings is 3. The lowest BCUT2D eigenvalue weighted by Crippen LogP contribution is -2.50. The van der Waals surface area contributed by atoms with Crippen molar-refractivity contribution in [3.8, 4) is 5.75 Å². The molecule has 0 aromatic heterocycles. The summed E-state index contributed by atoms with van der Waals surface area (Å²) in [4.78, 5) is 52.6. The zero-order valence-electron chi connectivity index (χ0n) is 19.8. The molecule has 0 fully saturated rings. The number of anilines is 1.